The molecule has 1 heterocycles. The van der Waals surface area contributed by atoms with Crippen LogP contribution in [0, 0.1) is 0 Å². The Morgan fingerprint density at radius 2 is 2.13 bits per heavy atom. The van der Waals surface area contributed by atoms with Gasteiger partial charge < -0.3 is 9.15 Å². The summed E-state index contributed by atoms with van der Waals surface area (Å²) >= 11 is 3.46. The number of nitrogens with zero attached hydrogens (tertiary/aromatic N) is 2. The van der Waals surface area contributed by atoms with Crippen molar-refractivity contribution in [2.24, 2.45) is 0 Å². The molecule has 15 heavy (non-hydrogen) atoms. The largest absolute Gasteiger partial charge is 0.424 e. The second-order valence-electron chi connectivity index (χ2n) is 3.27. The average Bonchev–Trinajstić information content (AvgIpc) is 2.72. The summed E-state index contributed by atoms with van der Waals surface area (Å²) in [6.07, 6.45) is 2.67. The number of hydrogen-bond donors (Lipinski definition) is 0. The van der Waals surface area contributed by atoms with E-state index >= 15 is 0 Å². The van der Waals surface area contributed by atoms with Gasteiger partial charge in [-0.25, -0.2) is 0 Å². The van der Waals surface area contributed by atoms with Crippen molar-refractivity contribution in [2.75, 3.05) is 13.2 Å². The van der Waals surface area contributed by atoms with Crippen molar-refractivity contribution in [3.8, 4) is 0 Å². The second-order valence-corrected chi connectivity index (χ2v) is 4.38. The molecule has 1 atom stereocenters. The van der Waals surface area contributed by atoms with Gasteiger partial charge in [-0.2, -0.15) is 0 Å². The number of rotatable bonds is 7. The zero-order valence-corrected chi connectivity index (χ0v) is 10.8. The molecule has 1 aromatic heterocycles. The maximum atomic E-state index is 5.47. The molecule has 0 aromatic carbocycles. The van der Waals surface area contributed by atoms with Gasteiger partial charge in [0.05, 0.1) is 11.4 Å². The minimum Gasteiger partial charge on any atom is -0.424 e. The Kier molecular flexibility index (Phi) is 5.86. The fraction of sp³-hybridized carbons (Fsp3) is 0.800. The molecule has 5 heteroatoms. The van der Waals surface area contributed by atoms with Crippen LogP contribution in [0.3, 0.4) is 0 Å². The Morgan fingerprint density at radius 1 is 1.33 bits per heavy atom. The Balaban J connectivity index is 2.33. The molecular weight excluding hydrogens is 260 g/mol. The smallest absolute Gasteiger partial charge is 0.230 e. The molecule has 1 unspecified atom stereocenters. The van der Waals surface area contributed by atoms with Crippen LogP contribution >= 0.6 is 15.9 Å². The van der Waals surface area contributed by atoms with E-state index in [1.807, 2.05) is 0 Å². The molecule has 86 valence electrons. The normalized spacial score (nSPS) is 13.0. The molecule has 1 rings (SSSR count). The third kappa shape index (κ3) is 4.30. The first-order valence-electron chi connectivity index (χ1n) is 5.32. The van der Waals surface area contributed by atoms with Gasteiger partial charge in [-0.3, -0.25) is 0 Å². The van der Waals surface area contributed by atoms with E-state index in [4.69, 9.17) is 9.15 Å². The SMILES string of the molecule is CCCOCCc1nnc(C(Br)CC)o1. The van der Waals surface area contributed by atoms with Crippen molar-refractivity contribution in [2.45, 2.75) is 37.9 Å². The van der Waals surface area contributed by atoms with Gasteiger partial charge in [0, 0.05) is 13.0 Å². The second kappa shape index (κ2) is 6.95. The Hall–Kier alpha value is -0.420. The monoisotopic (exact) mass is 276 g/mol. The van der Waals surface area contributed by atoms with Crippen molar-refractivity contribution >= 4 is 15.9 Å². The first-order valence-corrected chi connectivity index (χ1v) is 6.23. The van der Waals surface area contributed by atoms with Crippen molar-refractivity contribution in [1.82, 2.24) is 10.2 Å². The highest BCUT2D eigenvalue weighted by molar-refractivity contribution is 9.09. The molecule has 1 aromatic rings. The number of hydrogen-bond acceptors (Lipinski definition) is 4. The van der Waals surface area contributed by atoms with Crippen LogP contribution in [0.5, 0.6) is 0 Å². The van der Waals surface area contributed by atoms with Gasteiger partial charge in [-0.05, 0) is 12.8 Å². The summed E-state index contributed by atoms with van der Waals surface area (Å²) in [6, 6.07) is 0. The molecule has 0 saturated heterocycles. The fourth-order valence-electron chi connectivity index (χ4n) is 1.07. The van der Waals surface area contributed by atoms with E-state index in [0.29, 0.717) is 24.8 Å². The minimum absolute atomic E-state index is 0.162. The summed E-state index contributed by atoms with van der Waals surface area (Å²) in [4.78, 5) is 0.162. The Bertz CT molecular complexity index is 278. The number of halogens is 1. The van der Waals surface area contributed by atoms with Crippen LogP contribution in [0.2, 0.25) is 0 Å². The summed E-state index contributed by atoms with van der Waals surface area (Å²) in [5.74, 6) is 1.31. The molecule has 0 fully saturated rings. The first kappa shape index (κ1) is 12.6. The lowest BCUT2D eigenvalue weighted by Gasteiger charge is -1.99. The standard InChI is InChI=1S/C10H17BrN2O2/c1-3-6-14-7-5-9-12-13-10(15-9)8(11)4-2/h8H,3-7H2,1-2H3. The third-order valence-corrected chi connectivity index (χ3v) is 2.96. The van der Waals surface area contributed by atoms with Crippen molar-refractivity contribution < 1.29 is 9.15 Å². The zero-order chi connectivity index (χ0) is 11.1. The van der Waals surface area contributed by atoms with E-state index in [-0.39, 0.29) is 4.83 Å². The highest BCUT2D eigenvalue weighted by atomic mass is 79.9. The van der Waals surface area contributed by atoms with Gasteiger partial charge in [0.15, 0.2) is 0 Å². The van der Waals surface area contributed by atoms with Crippen LogP contribution in [0.4, 0.5) is 0 Å². The topological polar surface area (TPSA) is 48.2 Å². The molecular formula is C10H17BrN2O2. The van der Waals surface area contributed by atoms with E-state index in [9.17, 15) is 0 Å². The van der Waals surface area contributed by atoms with E-state index < -0.39 is 0 Å². The van der Waals surface area contributed by atoms with Crippen LogP contribution < -0.4 is 0 Å². The molecule has 0 bridgehead atoms. The van der Waals surface area contributed by atoms with Crippen LogP contribution in [0.1, 0.15) is 43.3 Å². The van der Waals surface area contributed by atoms with Gasteiger partial charge in [0.1, 0.15) is 0 Å². The molecule has 0 aliphatic carbocycles. The van der Waals surface area contributed by atoms with Crippen molar-refractivity contribution in [3.63, 3.8) is 0 Å². The van der Waals surface area contributed by atoms with E-state index in [2.05, 4.69) is 40.0 Å². The zero-order valence-electron chi connectivity index (χ0n) is 9.20. The van der Waals surface area contributed by atoms with E-state index in [1.54, 1.807) is 0 Å². The summed E-state index contributed by atoms with van der Waals surface area (Å²) in [7, 11) is 0. The molecule has 0 N–H and O–H groups in total. The van der Waals surface area contributed by atoms with Gasteiger partial charge in [-0.1, -0.05) is 29.8 Å². The summed E-state index contributed by atoms with van der Waals surface area (Å²) < 4.78 is 10.8. The summed E-state index contributed by atoms with van der Waals surface area (Å²) in [6.45, 7) is 5.58. The lowest BCUT2D eigenvalue weighted by molar-refractivity contribution is 0.133. The minimum atomic E-state index is 0.162. The fourth-order valence-corrected chi connectivity index (χ4v) is 1.26. The van der Waals surface area contributed by atoms with Gasteiger partial charge >= 0.3 is 0 Å². The van der Waals surface area contributed by atoms with Crippen LogP contribution in [-0.4, -0.2) is 23.4 Å². The Morgan fingerprint density at radius 3 is 2.80 bits per heavy atom. The lowest BCUT2D eigenvalue weighted by atomic mass is 10.3. The van der Waals surface area contributed by atoms with Gasteiger partial charge in [0.25, 0.3) is 0 Å². The van der Waals surface area contributed by atoms with Gasteiger partial charge in [0.2, 0.25) is 11.8 Å². The summed E-state index contributed by atoms with van der Waals surface area (Å²) in [5.41, 5.74) is 0. The maximum Gasteiger partial charge on any atom is 0.230 e. The lowest BCUT2D eigenvalue weighted by Crippen LogP contribution is -1.99. The van der Waals surface area contributed by atoms with Crippen molar-refractivity contribution in [1.29, 1.82) is 0 Å². The molecule has 0 saturated carbocycles. The maximum absolute atomic E-state index is 5.47. The molecule has 0 spiro atoms. The quantitative estimate of drug-likeness (QED) is 0.568. The molecule has 4 nitrogen and oxygen atoms in total. The van der Waals surface area contributed by atoms with Gasteiger partial charge in [-0.15, -0.1) is 10.2 Å². The number of alkyl halides is 1. The van der Waals surface area contributed by atoms with Crippen LogP contribution in [-0.2, 0) is 11.2 Å². The third-order valence-electron chi connectivity index (χ3n) is 1.92. The number of aromatic nitrogens is 2. The first-order chi connectivity index (χ1) is 7.27. The summed E-state index contributed by atoms with van der Waals surface area (Å²) in [5, 5.41) is 7.92. The average molecular weight is 277 g/mol. The molecule has 0 amide bonds. The van der Waals surface area contributed by atoms with E-state index in [0.717, 1.165) is 19.4 Å². The molecule has 0 radical (unpaired) electrons. The van der Waals surface area contributed by atoms with Crippen LogP contribution in [0.25, 0.3) is 0 Å². The molecule has 0 aliphatic heterocycles. The van der Waals surface area contributed by atoms with E-state index in [1.165, 1.54) is 0 Å². The van der Waals surface area contributed by atoms with Crippen molar-refractivity contribution in [3.05, 3.63) is 11.8 Å². The predicted octanol–water partition coefficient (Wildman–Crippen LogP) is 2.88. The Labute approximate surface area is 98.5 Å². The molecule has 0 aliphatic rings. The highest BCUT2D eigenvalue weighted by Gasteiger charge is 2.13. The highest BCUT2D eigenvalue weighted by Crippen LogP contribution is 2.24. The number of ether oxygens (including phenoxy) is 1. The predicted molar refractivity (Wildman–Crippen MR) is 61.1 cm³/mol. The van der Waals surface area contributed by atoms with Crippen LogP contribution in [0.15, 0.2) is 4.42 Å².